The minimum Gasteiger partial charge on any atom is -0.379 e. The van der Waals surface area contributed by atoms with E-state index >= 15 is 0 Å². The standard InChI is InChI=1S/C21H22N4O4S/c1-15-3-2-4-18-19(15)22-21(30-18)24(10-9-23-11-13-29-14-12-23)20(26)16-5-7-17(8-6-16)25(27)28/h2-8H,9-14H2,1H3. The Bertz CT molecular complexity index is 1060. The highest BCUT2D eigenvalue weighted by Gasteiger charge is 2.23. The van der Waals surface area contributed by atoms with Crippen LogP contribution < -0.4 is 4.90 Å². The SMILES string of the molecule is Cc1cccc2sc(N(CCN3CCOCC3)C(=O)c3ccc([N+](=O)[O-])cc3)nc12. The number of nitro groups is 1. The number of morpholine rings is 1. The zero-order chi connectivity index (χ0) is 21.1. The van der Waals surface area contributed by atoms with Crippen LogP contribution in [0.2, 0.25) is 0 Å². The quantitative estimate of drug-likeness (QED) is 0.443. The average Bonchev–Trinajstić information content (AvgIpc) is 3.20. The number of thiazole rings is 1. The van der Waals surface area contributed by atoms with Crippen molar-refractivity contribution in [1.29, 1.82) is 0 Å². The van der Waals surface area contributed by atoms with Gasteiger partial charge in [-0.25, -0.2) is 4.98 Å². The summed E-state index contributed by atoms with van der Waals surface area (Å²) in [5, 5.41) is 11.6. The molecule has 0 atom stereocenters. The molecule has 0 spiro atoms. The molecule has 4 rings (SSSR count). The van der Waals surface area contributed by atoms with Gasteiger partial charge >= 0.3 is 0 Å². The van der Waals surface area contributed by atoms with E-state index in [1.54, 1.807) is 4.90 Å². The number of carbonyl (C=O) groups excluding carboxylic acids is 1. The first-order valence-electron chi connectivity index (χ1n) is 9.75. The number of hydrogen-bond donors (Lipinski definition) is 0. The fourth-order valence-corrected chi connectivity index (χ4v) is 4.49. The van der Waals surface area contributed by atoms with Crippen molar-refractivity contribution >= 4 is 38.3 Å². The molecule has 0 bridgehead atoms. The van der Waals surface area contributed by atoms with Crippen LogP contribution in [0.25, 0.3) is 10.2 Å². The summed E-state index contributed by atoms with van der Waals surface area (Å²) in [6, 6.07) is 11.7. The van der Waals surface area contributed by atoms with Gasteiger partial charge in [0.15, 0.2) is 5.13 Å². The monoisotopic (exact) mass is 426 g/mol. The van der Waals surface area contributed by atoms with E-state index in [0.717, 1.165) is 28.9 Å². The molecule has 0 N–H and O–H groups in total. The highest BCUT2D eigenvalue weighted by molar-refractivity contribution is 7.22. The number of amides is 1. The highest BCUT2D eigenvalue weighted by Crippen LogP contribution is 2.31. The van der Waals surface area contributed by atoms with E-state index in [2.05, 4.69) is 4.90 Å². The van der Waals surface area contributed by atoms with Crippen LogP contribution >= 0.6 is 11.3 Å². The molecule has 3 aromatic rings. The van der Waals surface area contributed by atoms with Crippen molar-refractivity contribution < 1.29 is 14.5 Å². The molecule has 2 aromatic carbocycles. The maximum Gasteiger partial charge on any atom is 0.269 e. The zero-order valence-electron chi connectivity index (χ0n) is 16.6. The summed E-state index contributed by atoms with van der Waals surface area (Å²) in [6.45, 7) is 6.23. The smallest absolute Gasteiger partial charge is 0.269 e. The van der Waals surface area contributed by atoms with Gasteiger partial charge in [0.25, 0.3) is 11.6 Å². The maximum atomic E-state index is 13.3. The lowest BCUT2D eigenvalue weighted by Crippen LogP contribution is -2.43. The first-order valence-corrected chi connectivity index (χ1v) is 10.6. The summed E-state index contributed by atoms with van der Waals surface area (Å²) in [5.74, 6) is -0.213. The number of carbonyl (C=O) groups is 1. The van der Waals surface area contributed by atoms with Crippen LogP contribution in [0.1, 0.15) is 15.9 Å². The molecule has 1 fully saturated rings. The lowest BCUT2D eigenvalue weighted by atomic mass is 10.2. The fraction of sp³-hybridized carbons (Fsp3) is 0.333. The second-order valence-electron chi connectivity index (χ2n) is 7.13. The lowest BCUT2D eigenvalue weighted by molar-refractivity contribution is -0.384. The Kier molecular flexibility index (Phi) is 6.03. The molecule has 30 heavy (non-hydrogen) atoms. The number of rotatable bonds is 6. The number of hydrogen-bond acceptors (Lipinski definition) is 7. The van der Waals surface area contributed by atoms with Gasteiger partial charge in [-0.05, 0) is 30.7 Å². The van der Waals surface area contributed by atoms with Crippen molar-refractivity contribution in [2.45, 2.75) is 6.92 Å². The molecular formula is C21H22N4O4S. The Morgan fingerprint density at radius 3 is 2.63 bits per heavy atom. The van der Waals surface area contributed by atoms with Crippen LogP contribution in [0.5, 0.6) is 0 Å². The largest absolute Gasteiger partial charge is 0.379 e. The van der Waals surface area contributed by atoms with Crippen LogP contribution in [0.3, 0.4) is 0 Å². The summed E-state index contributed by atoms with van der Waals surface area (Å²) in [7, 11) is 0. The molecule has 1 aromatic heterocycles. The molecule has 8 nitrogen and oxygen atoms in total. The number of nitrogens with zero attached hydrogens (tertiary/aromatic N) is 4. The fourth-order valence-electron chi connectivity index (χ4n) is 3.42. The second-order valence-corrected chi connectivity index (χ2v) is 8.14. The van der Waals surface area contributed by atoms with Gasteiger partial charge in [-0.1, -0.05) is 23.5 Å². The first kappa shape index (κ1) is 20.4. The van der Waals surface area contributed by atoms with Gasteiger partial charge in [0.2, 0.25) is 0 Å². The molecule has 9 heteroatoms. The molecule has 1 aliphatic heterocycles. The minimum absolute atomic E-state index is 0.0398. The Hall–Kier alpha value is -2.88. The van der Waals surface area contributed by atoms with Crippen LogP contribution in [-0.4, -0.2) is 60.1 Å². The van der Waals surface area contributed by atoms with E-state index in [4.69, 9.17) is 9.72 Å². The van der Waals surface area contributed by atoms with Crippen molar-refractivity contribution in [2.75, 3.05) is 44.3 Å². The van der Waals surface area contributed by atoms with Gasteiger partial charge in [-0.15, -0.1) is 0 Å². The third kappa shape index (κ3) is 4.33. The third-order valence-corrected chi connectivity index (χ3v) is 6.20. The average molecular weight is 426 g/mol. The number of fused-ring (bicyclic) bond motifs is 1. The predicted octanol–water partition coefficient (Wildman–Crippen LogP) is 3.49. The molecular weight excluding hydrogens is 404 g/mol. The van der Waals surface area contributed by atoms with Gasteiger partial charge in [-0.3, -0.25) is 24.7 Å². The van der Waals surface area contributed by atoms with Gasteiger partial charge in [0.1, 0.15) is 0 Å². The molecule has 0 saturated carbocycles. The van der Waals surface area contributed by atoms with E-state index in [0.29, 0.717) is 37.0 Å². The van der Waals surface area contributed by atoms with Crippen molar-refractivity contribution in [3.8, 4) is 0 Å². The summed E-state index contributed by atoms with van der Waals surface area (Å²) < 4.78 is 6.43. The maximum absolute atomic E-state index is 13.3. The van der Waals surface area contributed by atoms with E-state index in [1.165, 1.54) is 35.6 Å². The molecule has 1 saturated heterocycles. The second kappa shape index (κ2) is 8.86. The van der Waals surface area contributed by atoms with Gasteiger partial charge in [0, 0.05) is 43.9 Å². The third-order valence-electron chi connectivity index (χ3n) is 5.15. The molecule has 0 radical (unpaired) electrons. The summed E-state index contributed by atoms with van der Waals surface area (Å²) in [5.41, 5.74) is 2.32. The Balaban J connectivity index is 1.63. The number of nitro benzene ring substituents is 1. The van der Waals surface area contributed by atoms with Crippen molar-refractivity contribution in [3.63, 3.8) is 0 Å². The number of aryl methyl sites for hydroxylation is 1. The number of anilines is 1. The Morgan fingerprint density at radius 2 is 1.97 bits per heavy atom. The van der Waals surface area contributed by atoms with Crippen molar-refractivity contribution in [1.82, 2.24) is 9.88 Å². The zero-order valence-corrected chi connectivity index (χ0v) is 17.4. The van der Waals surface area contributed by atoms with Gasteiger partial charge in [0.05, 0.1) is 28.4 Å². The lowest BCUT2D eigenvalue weighted by Gasteiger charge is -2.29. The van der Waals surface area contributed by atoms with E-state index in [1.807, 2.05) is 25.1 Å². The van der Waals surface area contributed by atoms with Gasteiger partial charge in [-0.2, -0.15) is 0 Å². The number of aromatic nitrogens is 1. The molecule has 2 heterocycles. The Morgan fingerprint density at radius 1 is 1.23 bits per heavy atom. The normalized spacial score (nSPS) is 14.7. The number of para-hydroxylation sites is 1. The van der Waals surface area contributed by atoms with E-state index < -0.39 is 4.92 Å². The number of benzene rings is 2. The molecule has 0 unspecified atom stereocenters. The predicted molar refractivity (Wildman–Crippen MR) is 116 cm³/mol. The van der Waals surface area contributed by atoms with Crippen LogP contribution in [0.15, 0.2) is 42.5 Å². The van der Waals surface area contributed by atoms with E-state index in [9.17, 15) is 14.9 Å². The number of ether oxygens (including phenoxy) is 1. The molecule has 1 amide bonds. The summed E-state index contributed by atoms with van der Waals surface area (Å²) in [4.78, 5) is 32.5. The van der Waals surface area contributed by atoms with Crippen LogP contribution in [0.4, 0.5) is 10.8 Å². The summed E-state index contributed by atoms with van der Waals surface area (Å²) in [6.07, 6.45) is 0. The molecule has 1 aliphatic rings. The highest BCUT2D eigenvalue weighted by atomic mass is 32.1. The number of non-ortho nitro benzene ring substituents is 1. The van der Waals surface area contributed by atoms with Gasteiger partial charge < -0.3 is 4.74 Å². The van der Waals surface area contributed by atoms with Crippen LogP contribution in [0, 0.1) is 17.0 Å². The first-order chi connectivity index (χ1) is 14.5. The minimum atomic E-state index is -0.471. The molecule has 0 aliphatic carbocycles. The van der Waals surface area contributed by atoms with Crippen molar-refractivity contribution in [2.24, 2.45) is 0 Å². The topological polar surface area (TPSA) is 88.8 Å². The van der Waals surface area contributed by atoms with E-state index in [-0.39, 0.29) is 11.6 Å². The molecule has 156 valence electrons. The van der Waals surface area contributed by atoms with Crippen LogP contribution in [-0.2, 0) is 4.74 Å². The summed E-state index contributed by atoms with van der Waals surface area (Å²) >= 11 is 1.48. The Labute approximate surface area is 177 Å². The van der Waals surface area contributed by atoms with Crippen molar-refractivity contribution in [3.05, 3.63) is 63.7 Å².